The Balaban J connectivity index is 2.49. The van der Waals surface area contributed by atoms with E-state index >= 15 is 0 Å². The first-order valence-electron chi connectivity index (χ1n) is 5.67. The monoisotopic (exact) mass is 255 g/mol. The molecule has 7 heteroatoms. The Kier molecular flexibility index (Phi) is 4.70. The maximum Gasteiger partial charge on any atom is 0.329 e. The summed E-state index contributed by atoms with van der Waals surface area (Å²) >= 11 is 0. The fraction of sp³-hybridized carbons (Fsp3) is 0.545. The second-order valence-corrected chi connectivity index (χ2v) is 4.17. The Labute approximate surface area is 105 Å². The van der Waals surface area contributed by atoms with Gasteiger partial charge in [0.2, 0.25) is 0 Å². The molecule has 2 amide bonds. The first-order chi connectivity index (χ1) is 8.48. The van der Waals surface area contributed by atoms with Crippen molar-refractivity contribution in [2.45, 2.75) is 38.8 Å². The van der Waals surface area contributed by atoms with Crippen LogP contribution in [0.2, 0.25) is 0 Å². The van der Waals surface area contributed by atoms with E-state index in [1.807, 2.05) is 6.92 Å². The van der Waals surface area contributed by atoms with Crippen LogP contribution in [0.1, 0.15) is 32.4 Å². The quantitative estimate of drug-likeness (QED) is 0.706. The average Bonchev–Trinajstić information content (AvgIpc) is 2.79. The van der Waals surface area contributed by atoms with Crippen LogP contribution in [0.5, 0.6) is 0 Å². The number of aromatic nitrogens is 1. The number of hydrogen-bond donors (Lipinski definition) is 3. The fourth-order valence-electron chi connectivity index (χ4n) is 1.52. The molecule has 0 bridgehead atoms. The van der Waals surface area contributed by atoms with E-state index in [0.29, 0.717) is 18.6 Å². The second kappa shape index (κ2) is 6.04. The van der Waals surface area contributed by atoms with Crippen molar-refractivity contribution in [2.75, 3.05) is 0 Å². The van der Waals surface area contributed by atoms with Crippen molar-refractivity contribution < 1.29 is 19.2 Å². The highest BCUT2D eigenvalue weighted by Gasteiger charge is 2.33. The van der Waals surface area contributed by atoms with Crippen molar-refractivity contribution in [3.8, 4) is 0 Å². The fourth-order valence-corrected chi connectivity index (χ4v) is 1.52. The van der Waals surface area contributed by atoms with Gasteiger partial charge in [-0.2, -0.15) is 0 Å². The van der Waals surface area contributed by atoms with Crippen molar-refractivity contribution in [1.29, 1.82) is 0 Å². The number of urea groups is 1. The van der Waals surface area contributed by atoms with Crippen molar-refractivity contribution in [1.82, 2.24) is 15.8 Å². The summed E-state index contributed by atoms with van der Waals surface area (Å²) in [5, 5.41) is 17.5. The zero-order chi connectivity index (χ0) is 13.6. The molecule has 0 radical (unpaired) electrons. The van der Waals surface area contributed by atoms with Gasteiger partial charge in [0, 0.05) is 6.07 Å². The highest BCUT2D eigenvalue weighted by atomic mass is 16.5. The van der Waals surface area contributed by atoms with Gasteiger partial charge >= 0.3 is 12.0 Å². The molecule has 1 rings (SSSR count). The molecule has 18 heavy (non-hydrogen) atoms. The number of nitrogens with zero attached hydrogens (tertiary/aromatic N) is 1. The van der Waals surface area contributed by atoms with E-state index in [2.05, 4.69) is 15.8 Å². The van der Waals surface area contributed by atoms with Crippen LogP contribution >= 0.6 is 0 Å². The van der Waals surface area contributed by atoms with Gasteiger partial charge in [-0.05, 0) is 13.3 Å². The van der Waals surface area contributed by atoms with Crippen LogP contribution in [-0.2, 0) is 11.3 Å². The molecular formula is C11H17N3O4. The topological polar surface area (TPSA) is 104 Å². The number of aliphatic carboxylic acids is 1. The number of rotatable bonds is 6. The van der Waals surface area contributed by atoms with Gasteiger partial charge in [0.05, 0.1) is 12.7 Å². The van der Waals surface area contributed by atoms with Crippen LogP contribution in [0.3, 0.4) is 0 Å². The van der Waals surface area contributed by atoms with Crippen molar-refractivity contribution in [3.63, 3.8) is 0 Å². The van der Waals surface area contributed by atoms with Gasteiger partial charge in [0.15, 0.2) is 5.76 Å². The molecule has 1 atom stereocenters. The summed E-state index contributed by atoms with van der Waals surface area (Å²) in [4.78, 5) is 22.7. The lowest BCUT2D eigenvalue weighted by atomic mass is 9.97. The molecular weight excluding hydrogens is 238 g/mol. The van der Waals surface area contributed by atoms with E-state index in [4.69, 9.17) is 9.63 Å². The van der Waals surface area contributed by atoms with E-state index in [1.165, 1.54) is 13.1 Å². The minimum absolute atomic E-state index is 0.160. The molecule has 3 N–H and O–H groups in total. The van der Waals surface area contributed by atoms with Crippen LogP contribution in [0.4, 0.5) is 4.79 Å². The Hall–Kier alpha value is -2.05. The molecule has 0 aliphatic heterocycles. The lowest BCUT2D eigenvalue weighted by Gasteiger charge is -2.25. The standard InChI is InChI=1S/C11H17N3O4/c1-3-5-11(2,9(15)16)14-10(17)12-7-8-4-6-13-18-8/h4,6H,3,5,7H2,1-2H3,(H,15,16)(H2,12,14,17). The summed E-state index contributed by atoms with van der Waals surface area (Å²) in [6.07, 6.45) is 2.48. The van der Waals surface area contributed by atoms with E-state index in [9.17, 15) is 9.59 Å². The molecule has 0 aromatic carbocycles. The van der Waals surface area contributed by atoms with E-state index < -0.39 is 17.5 Å². The third kappa shape index (κ3) is 3.76. The van der Waals surface area contributed by atoms with Crippen LogP contribution in [0.15, 0.2) is 16.8 Å². The highest BCUT2D eigenvalue weighted by Crippen LogP contribution is 2.12. The number of carbonyl (C=O) groups excluding carboxylic acids is 1. The van der Waals surface area contributed by atoms with Gasteiger partial charge in [-0.1, -0.05) is 18.5 Å². The second-order valence-electron chi connectivity index (χ2n) is 4.17. The maximum absolute atomic E-state index is 11.6. The van der Waals surface area contributed by atoms with Gasteiger partial charge in [-0.3, -0.25) is 0 Å². The Bertz CT molecular complexity index is 404. The van der Waals surface area contributed by atoms with Gasteiger partial charge < -0.3 is 20.3 Å². The minimum Gasteiger partial charge on any atom is -0.480 e. The lowest BCUT2D eigenvalue weighted by Crippen LogP contribution is -2.55. The molecule has 0 fully saturated rings. The van der Waals surface area contributed by atoms with Crippen LogP contribution in [-0.4, -0.2) is 27.8 Å². The molecule has 1 heterocycles. The summed E-state index contributed by atoms with van der Waals surface area (Å²) in [5.74, 6) is -0.558. The molecule has 1 unspecified atom stereocenters. The number of carboxylic acids is 1. The average molecular weight is 255 g/mol. The zero-order valence-corrected chi connectivity index (χ0v) is 10.4. The first-order valence-corrected chi connectivity index (χ1v) is 5.67. The highest BCUT2D eigenvalue weighted by molar-refractivity contribution is 5.85. The van der Waals surface area contributed by atoms with Crippen molar-refractivity contribution in [3.05, 3.63) is 18.0 Å². The summed E-state index contributed by atoms with van der Waals surface area (Å²) in [6, 6.07) is 1.06. The zero-order valence-electron chi connectivity index (χ0n) is 10.4. The molecule has 0 aliphatic carbocycles. The molecule has 0 spiro atoms. The number of carbonyl (C=O) groups is 2. The van der Waals surface area contributed by atoms with Crippen LogP contribution in [0, 0.1) is 0 Å². The summed E-state index contributed by atoms with van der Waals surface area (Å²) in [5.41, 5.74) is -1.26. The van der Waals surface area contributed by atoms with Crippen molar-refractivity contribution in [2.24, 2.45) is 0 Å². The summed E-state index contributed by atoms with van der Waals surface area (Å²) in [6.45, 7) is 3.50. The molecule has 100 valence electrons. The molecule has 0 aliphatic rings. The lowest BCUT2D eigenvalue weighted by molar-refractivity contribution is -0.144. The number of hydrogen-bond acceptors (Lipinski definition) is 4. The van der Waals surface area contributed by atoms with E-state index in [1.54, 1.807) is 6.07 Å². The SMILES string of the molecule is CCCC(C)(NC(=O)NCc1ccno1)C(=O)O. The third-order valence-electron chi connectivity index (χ3n) is 2.53. The minimum atomic E-state index is -1.26. The molecule has 0 saturated carbocycles. The predicted octanol–water partition coefficient (Wildman–Crippen LogP) is 1.12. The number of amides is 2. The number of carboxylic acid groups (broad SMARTS) is 1. The van der Waals surface area contributed by atoms with Crippen LogP contribution < -0.4 is 10.6 Å². The smallest absolute Gasteiger partial charge is 0.329 e. The van der Waals surface area contributed by atoms with Gasteiger partial charge in [0.1, 0.15) is 5.54 Å². The van der Waals surface area contributed by atoms with Gasteiger partial charge in [-0.25, -0.2) is 9.59 Å². The molecule has 0 saturated heterocycles. The predicted molar refractivity (Wildman–Crippen MR) is 62.8 cm³/mol. The molecule has 7 nitrogen and oxygen atoms in total. The van der Waals surface area contributed by atoms with Gasteiger partial charge in [0.25, 0.3) is 0 Å². The third-order valence-corrected chi connectivity index (χ3v) is 2.53. The Morgan fingerprint density at radius 3 is 2.78 bits per heavy atom. The number of nitrogens with one attached hydrogen (secondary N) is 2. The van der Waals surface area contributed by atoms with E-state index in [-0.39, 0.29) is 6.54 Å². The first kappa shape index (κ1) is 14.0. The summed E-state index contributed by atoms with van der Waals surface area (Å²) < 4.78 is 4.80. The van der Waals surface area contributed by atoms with E-state index in [0.717, 1.165) is 0 Å². The van der Waals surface area contributed by atoms with Gasteiger partial charge in [-0.15, -0.1) is 0 Å². The molecule has 1 aromatic rings. The Morgan fingerprint density at radius 1 is 1.56 bits per heavy atom. The largest absolute Gasteiger partial charge is 0.480 e. The normalized spacial score (nSPS) is 13.7. The Morgan fingerprint density at radius 2 is 2.28 bits per heavy atom. The van der Waals surface area contributed by atoms with Crippen molar-refractivity contribution >= 4 is 12.0 Å². The van der Waals surface area contributed by atoms with Crippen LogP contribution in [0.25, 0.3) is 0 Å². The summed E-state index contributed by atoms with van der Waals surface area (Å²) in [7, 11) is 0. The maximum atomic E-state index is 11.6. The molecule has 1 aromatic heterocycles.